The average molecular weight is 370 g/mol. The average Bonchev–Trinajstić information content (AvgIpc) is 2.58. The Balaban J connectivity index is 2.19. The van der Waals surface area contributed by atoms with Crippen LogP contribution in [0.3, 0.4) is 0 Å². The molecule has 0 aliphatic carbocycles. The Labute approximate surface area is 143 Å². The molecule has 2 rings (SSSR count). The Bertz CT molecular complexity index is 850. The van der Waals surface area contributed by atoms with Crippen molar-refractivity contribution in [1.82, 2.24) is 0 Å². The topological polar surface area (TPSA) is 113 Å². The van der Waals surface area contributed by atoms with Crippen molar-refractivity contribution in [2.75, 3.05) is 0 Å². The minimum absolute atomic E-state index is 0.0498. The fraction of sp³-hybridized carbons (Fsp3) is 0.133. The SMILES string of the molecule is O=C(OCc1cc([N+](=O)[O-])cc([N+](=O)[O-])c1)c1cccc(C(F)(F)F)c1. The number of benzene rings is 2. The van der Waals surface area contributed by atoms with Crippen molar-refractivity contribution < 1.29 is 32.5 Å². The van der Waals surface area contributed by atoms with E-state index in [0.29, 0.717) is 6.07 Å². The van der Waals surface area contributed by atoms with Crippen molar-refractivity contribution in [1.29, 1.82) is 0 Å². The lowest BCUT2D eigenvalue weighted by Gasteiger charge is -2.09. The largest absolute Gasteiger partial charge is 0.457 e. The van der Waals surface area contributed by atoms with Gasteiger partial charge >= 0.3 is 12.1 Å². The van der Waals surface area contributed by atoms with Gasteiger partial charge in [0.25, 0.3) is 11.4 Å². The second-order valence-electron chi connectivity index (χ2n) is 5.03. The molecule has 0 fully saturated rings. The van der Waals surface area contributed by atoms with E-state index >= 15 is 0 Å². The van der Waals surface area contributed by atoms with Crippen LogP contribution in [0.4, 0.5) is 24.5 Å². The van der Waals surface area contributed by atoms with E-state index in [9.17, 15) is 38.2 Å². The molecule has 0 atom stereocenters. The summed E-state index contributed by atoms with van der Waals surface area (Å²) in [5.41, 5.74) is -2.63. The second kappa shape index (κ2) is 7.17. The molecule has 136 valence electrons. The third-order valence-corrected chi connectivity index (χ3v) is 3.18. The predicted octanol–water partition coefficient (Wildman–Crippen LogP) is 3.88. The van der Waals surface area contributed by atoms with Crippen LogP contribution in [0.5, 0.6) is 0 Å². The van der Waals surface area contributed by atoms with Crippen molar-refractivity contribution in [2.24, 2.45) is 0 Å². The van der Waals surface area contributed by atoms with E-state index in [-0.39, 0.29) is 11.1 Å². The first-order chi connectivity index (χ1) is 12.1. The van der Waals surface area contributed by atoms with Gasteiger partial charge in [-0.1, -0.05) is 6.07 Å². The molecule has 0 heterocycles. The maximum atomic E-state index is 12.6. The molecule has 11 heteroatoms. The summed E-state index contributed by atoms with van der Waals surface area (Å²) in [7, 11) is 0. The van der Waals surface area contributed by atoms with E-state index in [1.54, 1.807) is 0 Å². The summed E-state index contributed by atoms with van der Waals surface area (Å²) in [5.74, 6) is -1.11. The molecule has 0 aromatic heterocycles. The van der Waals surface area contributed by atoms with Crippen LogP contribution in [0.1, 0.15) is 21.5 Å². The molecule has 0 N–H and O–H groups in total. The monoisotopic (exact) mass is 370 g/mol. The number of carbonyl (C=O) groups is 1. The number of non-ortho nitro benzene ring substituents is 2. The van der Waals surface area contributed by atoms with E-state index in [4.69, 9.17) is 4.74 Å². The lowest BCUT2D eigenvalue weighted by atomic mass is 10.1. The van der Waals surface area contributed by atoms with Gasteiger partial charge in [-0.3, -0.25) is 20.2 Å². The molecule has 0 unspecified atom stereocenters. The third-order valence-electron chi connectivity index (χ3n) is 3.18. The summed E-state index contributed by atoms with van der Waals surface area (Å²) < 4.78 is 42.7. The van der Waals surface area contributed by atoms with Gasteiger partial charge in [0.05, 0.1) is 27.0 Å². The number of nitrogens with zero attached hydrogens (tertiary/aromatic N) is 2. The van der Waals surface area contributed by atoms with E-state index in [1.165, 1.54) is 0 Å². The summed E-state index contributed by atoms with van der Waals surface area (Å²) >= 11 is 0. The number of esters is 1. The van der Waals surface area contributed by atoms with Crippen molar-refractivity contribution in [3.05, 3.63) is 79.4 Å². The molecule has 0 aliphatic rings. The van der Waals surface area contributed by atoms with E-state index in [1.807, 2.05) is 0 Å². The molecule has 0 spiro atoms. The van der Waals surface area contributed by atoms with Gasteiger partial charge in [0.2, 0.25) is 0 Å². The van der Waals surface area contributed by atoms with Crippen LogP contribution < -0.4 is 0 Å². The summed E-state index contributed by atoms with van der Waals surface area (Å²) in [6, 6.07) is 6.17. The molecule has 2 aromatic carbocycles. The van der Waals surface area contributed by atoms with Gasteiger partial charge in [-0.15, -0.1) is 0 Å². The van der Waals surface area contributed by atoms with E-state index in [0.717, 1.165) is 36.4 Å². The van der Waals surface area contributed by atoms with Crippen molar-refractivity contribution in [3.63, 3.8) is 0 Å². The van der Waals surface area contributed by atoms with Gasteiger partial charge in [-0.2, -0.15) is 13.2 Å². The number of halogens is 3. The van der Waals surface area contributed by atoms with Crippen LogP contribution in [-0.4, -0.2) is 15.8 Å². The molecular weight excluding hydrogens is 361 g/mol. The van der Waals surface area contributed by atoms with Crippen molar-refractivity contribution in [3.8, 4) is 0 Å². The number of ether oxygens (including phenoxy) is 1. The third kappa shape index (κ3) is 4.53. The molecule has 0 radical (unpaired) electrons. The fourth-order valence-corrected chi connectivity index (χ4v) is 2.01. The Kier molecular flexibility index (Phi) is 5.19. The van der Waals surface area contributed by atoms with Crippen molar-refractivity contribution in [2.45, 2.75) is 12.8 Å². The molecule has 26 heavy (non-hydrogen) atoms. The summed E-state index contributed by atoms with van der Waals surface area (Å²) in [6.45, 7) is -0.586. The lowest BCUT2D eigenvalue weighted by molar-refractivity contribution is -0.394. The minimum Gasteiger partial charge on any atom is -0.457 e. The van der Waals surface area contributed by atoms with E-state index < -0.39 is 45.5 Å². The number of hydrogen-bond donors (Lipinski definition) is 0. The highest BCUT2D eigenvalue weighted by molar-refractivity contribution is 5.89. The molecular formula is C15H9F3N2O6. The molecule has 8 nitrogen and oxygen atoms in total. The van der Waals surface area contributed by atoms with Crippen molar-refractivity contribution >= 4 is 17.3 Å². The zero-order valence-corrected chi connectivity index (χ0v) is 12.7. The highest BCUT2D eigenvalue weighted by Gasteiger charge is 2.31. The van der Waals surface area contributed by atoms with Crippen LogP contribution in [-0.2, 0) is 17.5 Å². The molecule has 0 bridgehead atoms. The zero-order valence-electron chi connectivity index (χ0n) is 12.7. The highest BCUT2D eigenvalue weighted by Crippen LogP contribution is 2.30. The number of rotatable bonds is 5. The number of nitro groups is 2. The van der Waals surface area contributed by atoms with Crippen LogP contribution in [0, 0.1) is 20.2 Å². The number of nitro benzene ring substituents is 2. The van der Waals surface area contributed by atoms with Crippen LogP contribution in [0.15, 0.2) is 42.5 Å². The van der Waals surface area contributed by atoms with Gasteiger partial charge < -0.3 is 4.74 Å². The van der Waals surface area contributed by atoms with Gasteiger partial charge in [0, 0.05) is 17.7 Å². The van der Waals surface area contributed by atoms with Crippen LogP contribution in [0.25, 0.3) is 0 Å². The maximum absolute atomic E-state index is 12.6. The Hall–Kier alpha value is -3.50. The van der Waals surface area contributed by atoms with Gasteiger partial charge in [0.1, 0.15) is 6.61 Å². The molecule has 0 saturated heterocycles. The standard InChI is InChI=1S/C15H9F3N2O6/c16-15(17,18)11-3-1-2-10(6-11)14(21)26-8-9-4-12(19(22)23)7-13(5-9)20(24)25/h1-7H,8H2. The number of alkyl halides is 3. The number of carbonyl (C=O) groups excluding carboxylic acids is 1. The molecule has 0 saturated carbocycles. The predicted molar refractivity (Wildman–Crippen MR) is 80.3 cm³/mol. The molecule has 0 aliphatic heterocycles. The molecule has 0 amide bonds. The second-order valence-corrected chi connectivity index (χ2v) is 5.03. The first-order valence-electron chi connectivity index (χ1n) is 6.85. The van der Waals surface area contributed by atoms with Gasteiger partial charge in [-0.05, 0) is 18.2 Å². The van der Waals surface area contributed by atoms with Crippen LogP contribution in [0.2, 0.25) is 0 Å². The maximum Gasteiger partial charge on any atom is 0.416 e. The molecule has 2 aromatic rings. The van der Waals surface area contributed by atoms with Gasteiger partial charge in [-0.25, -0.2) is 4.79 Å². The Morgan fingerprint density at radius 1 is 1.00 bits per heavy atom. The normalized spacial score (nSPS) is 11.0. The smallest absolute Gasteiger partial charge is 0.416 e. The summed E-state index contributed by atoms with van der Waals surface area (Å²) in [4.78, 5) is 31.7. The summed E-state index contributed by atoms with van der Waals surface area (Å²) in [6.07, 6.45) is -4.64. The zero-order chi connectivity index (χ0) is 19.5. The van der Waals surface area contributed by atoms with Gasteiger partial charge in [0.15, 0.2) is 0 Å². The first-order valence-corrected chi connectivity index (χ1v) is 6.85. The fourth-order valence-electron chi connectivity index (χ4n) is 2.01. The lowest BCUT2D eigenvalue weighted by Crippen LogP contribution is -2.09. The first kappa shape index (κ1) is 18.8. The highest BCUT2D eigenvalue weighted by atomic mass is 19.4. The Morgan fingerprint density at radius 3 is 2.08 bits per heavy atom. The van der Waals surface area contributed by atoms with E-state index in [2.05, 4.69) is 0 Å². The summed E-state index contributed by atoms with van der Waals surface area (Å²) in [5, 5.41) is 21.6. The minimum atomic E-state index is -4.64. The quantitative estimate of drug-likeness (QED) is 0.448. The Morgan fingerprint density at radius 2 is 1.58 bits per heavy atom. The number of hydrogen-bond acceptors (Lipinski definition) is 6. The van der Waals surface area contributed by atoms with Crippen LogP contribution >= 0.6 is 0 Å².